The van der Waals surface area contributed by atoms with Crippen LogP contribution in [0.3, 0.4) is 0 Å². The SMILES string of the molecule is CCCC(=O)N(Cc1ccccc1)[C@@H](Cc1ccccc1)C(=O)NCc1ccccc1OC. The number of nitrogens with zero attached hydrogens (tertiary/aromatic N) is 1. The minimum atomic E-state index is -0.624. The number of benzene rings is 3. The maximum atomic E-state index is 13.5. The summed E-state index contributed by atoms with van der Waals surface area (Å²) in [7, 11) is 1.61. The molecule has 172 valence electrons. The fourth-order valence-corrected chi connectivity index (χ4v) is 3.84. The normalized spacial score (nSPS) is 11.5. The number of carbonyl (C=O) groups is 2. The third-order valence-corrected chi connectivity index (χ3v) is 5.58. The van der Waals surface area contributed by atoms with Crippen LogP contribution in [0.4, 0.5) is 0 Å². The van der Waals surface area contributed by atoms with Crippen LogP contribution in [-0.4, -0.2) is 29.9 Å². The molecule has 0 saturated carbocycles. The van der Waals surface area contributed by atoms with Gasteiger partial charge in [-0.15, -0.1) is 0 Å². The average molecular weight is 445 g/mol. The number of amides is 2. The van der Waals surface area contributed by atoms with Crippen LogP contribution in [0.2, 0.25) is 0 Å². The van der Waals surface area contributed by atoms with Gasteiger partial charge >= 0.3 is 0 Å². The van der Waals surface area contributed by atoms with Gasteiger partial charge in [0.15, 0.2) is 0 Å². The fourth-order valence-electron chi connectivity index (χ4n) is 3.84. The molecule has 5 heteroatoms. The maximum Gasteiger partial charge on any atom is 0.243 e. The highest BCUT2D eigenvalue weighted by Gasteiger charge is 2.30. The van der Waals surface area contributed by atoms with Gasteiger partial charge in [-0.05, 0) is 23.6 Å². The first-order valence-corrected chi connectivity index (χ1v) is 11.4. The summed E-state index contributed by atoms with van der Waals surface area (Å²) in [5.41, 5.74) is 2.90. The van der Waals surface area contributed by atoms with Gasteiger partial charge in [-0.25, -0.2) is 0 Å². The van der Waals surface area contributed by atoms with Crippen LogP contribution in [0.5, 0.6) is 5.75 Å². The molecule has 1 atom stereocenters. The molecule has 0 aromatic heterocycles. The summed E-state index contributed by atoms with van der Waals surface area (Å²) in [6, 6.07) is 26.6. The Morgan fingerprint density at radius 3 is 2.12 bits per heavy atom. The Labute approximate surface area is 196 Å². The Morgan fingerprint density at radius 2 is 1.48 bits per heavy atom. The molecule has 3 aromatic carbocycles. The molecule has 0 spiro atoms. The van der Waals surface area contributed by atoms with E-state index in [0.717, 1.165) is 28.9 Å². The van der Waals surface area contributed by atoms with E-state index in [1.165, 1.54) is 0 Å². The first kappa shape index (κ1) is 24.1. The molecular formula is C28H32N2O3. The Kier molecular flexibility index (Phi) is 9.07. The molecule has 0 fully saturated rings. The summed E-state index contributed by atoms with van der Waals surface area (Å²) >= 11 is 0. The molecule has 0 aliphatic heterocycles. The maximum absolute atomic E-state index is 13.5. The average Bonchev–Trinajstić information content (AvgIpc) is 2.86. The van der Waals surface area contributed by atoms with E-state index in [1.807, 2.05) is 91.9 Å². The second-order valence-electron chi connectivity index (χ2n) is 7.99. The highest BCUT2D eigenvalue weighted by molar-refractivity contribution is 5.88. The van der Waals surface area contributed by atoms with E-state index in [2.05, 4.69) is 5.32 Å². The van der Waals surface area contributed by atoms with E-state index in [4.69, 9.17) is 4.74 Å². The molecule has 3 rings (SSSR count). The molecule has 0 bridgehead atoms. The smallest absolute Gasteiger partial charge is 0.243 e. The summed E-state index contributed by atoms with van der Waals surface area (Å²) < 4.78 is 5.41. The molecule has 3 aromatic rings. The fraction of sp³-hybridized carbons (Fsp3) is 0.286. The monoisotopic (exact) mass is 444 g/mol. The summed E-state index contributed by atoms with van der Waals surface area (Å²) in [5.74, 6) is 0.528. The van der Waals surface area contributed by atoms with Gasteiger partial charge in [0, 0.05) is 31.5 Å². The van der Waals surface area contributed by atoms with Gasteiger partial charge in [0.1, 0.15) is 11.8 Å². The van der Waals surface area contributed by atoms with Crippen molar-refractivity contribution in [2.24, 2.45) is 0 Å². The lowest BCUT2D eigenvalue weighted by Gasteiger charge is -2.31. The van der Waals surface area contributed by atoms with Crippen molar-refractivity contribution >= 4 is 11.8 Å². The molecule has 1 N–H and O–H groups in total. The lowest BCUT2D eigenvalue weighted by molar-refractivity contribution is -0.141. The number of nitrogens with one attached hydrogen (secondary N) is 1. The van der Waals surface area contributed by atoms with E-state index >= 15 is 0 Å². The van der Waals surface area contributed by atoms with Gasteiger partial charge in [0.25, 0.3) is 0 Å². The Bertz CT molecular complexity index is 1020. The molecule has 0 saturated heterocycles. The number of hydrogen-bond acceptors (Lipinski definition) is 3. The summed E-state index contributed by atoms with van der Waals surface area (Å²) in [5, 5.41) is 3.04. The van der Waals surface area contributed by atoms with E-state index in [-0.39, 0.29) is 11.8 Å². The summed E-state index contributed by atoms with van der Waals surface area (Å²) in [6.45, 7) is 2.70. The zero-order chi connectivity index (χ0) is 23.5. The Hall–Kier alpha value is -3.60. The second kappa shape index (κ2) is 12.4. The Balaban J connectivity index is 1.87. The number of ether oxygens (including phenoxy) is 1. The molecule has 0 unspecified atom stereocenters. The molecule has 0 aliphatic rings. The Morgan fingerprint density at radius 1 is 0.879 bits per heavy atom. The molecule has 2 amide bonds. The zero-order valence-corrected chi connectivity index (χ0v) is 19.4. The summed E-state index contributed by atoms with van der Waals surface area (Å²) in [4.78, 5) is 28.4. The van der Waals surface area contributed by atoms with Crippen molar-refractivity contribution in [2.45, 2.75) is 45.3 Å². The van der Waals surface area contributed by atoms with Gasteiger partial charge in [-0.1, -0.05) is 85.8 Å². The predicted octanol–water partition coefficient (Wildman–Crippen LogP) is 4.75. The van der Waals surface area contributed by atoms with Crippen LogP contribution in [-0.2, 0) is 29.1 Å². The highest BCUT2D eigenvalue weighted by Crippen LogP contribution is 2.19. The van der Waals surface area contributed by atoms with Crippen molar-refractivity contribution in [3.8, 4) is 5.75 Å². The minimum Gasteiger partial charge on any atom is -0.496 e. The summed E-state index contributed by atoms with van der Waals surface area (Å²) in [6.07, 6.45) is 1.57. The van der Waals surface area contributed by atoms with E-state index in [9.17, 15) is 9.59 Å². The van der Waals surface area contributed by atoms with Crippen LogP contribution in [0.1, 0.15) is 36.5 Å². The van der Waals surface area contributed by atoms with Crippen LogP contribution < -0.4 is 10.1 Å². The molecule has 0 heterocycles. The van der Waals surface area contributed by atoms with Crippen LogP contribution in [0.25, 0.3) is 0 Å². The van der Waals surface area contributed by atoms with Gasteiger partial charge in [0.2, 0.25) is 11.8 Å². The highest BCUT2D eigenvalue weighted by atomic mass is 16.5. The number of rotatable bonds is 11. The first-order chi connectivity index (χ1) is 16.1. The van der Waals surface area contributed by atoms with E-state index < -0.39 is 6.04 Å². The van der Waals surface area contributed by atoms with Gasteiger partial charge in [-0.3, -0.25) is 9.59 Å². The second-order valence-corrected chi connectivity index (χ2v) is 7.99. The minimum absolute atomic E-state index is 0.0188. The molecule has 33 heavy (non-hydrogen) atoms. The zero-order valence-electron chi connectivity index (χ0n) is 19.4. The van der Waals surface area contributed by atoms with Crippen molar-refractivity contribution in [1.82, 2.24) is 10.2 Å². The molecule has 5 nitrogen and oxygen atoms in total. The van der Waals surface area contributed by atoms with Crippen molar-refractivity contribution in [3.63, 3.8) is 0 Å². The third kappa shape index (κ3) is 6.94. The molecule has 0 radical (unpaired) electrons. The largest absolute Gasteiger partial charge is 0.496 e. The number of methoxy groups -OCH3 is 1. The van der Waals surface area contributed by atoms with Crippen molar-refractivity contribution in [1.29, 1.82) is 0 Å². The van der Waals surface area contributed by atoms with Crippen molar-refractivity contribution < 1.29 is 14.3 Å². The van der Waals surface area contributed by atoms with Crippen LogP contribution in [0, 0.1) is 0 Å². The van der Waals surface area contributed by atoms with Crippen LogP contribution in [0.15, 0.2) is 84.9 Å². The van der Waals surface area contributed by atoms with Gasteiger partial charge in [0.05, 0.1) is 7.11 Å². The number of carbonyl (C=O) groups excluding carboxylic acids is 2. The van der Waals surface area contributed by atoms with E-state index in [0.29, 0.717) is 25.9 Å². The third-order valence-electron chi connectivity index (χ3n) is 5.58. The quantitative estimate of drug-likeness (QED) is 0.464. The van der Waals surface area contributed by atoms with Crippen molar-refractivity contribution in [3.05, 3.63) is 102 Å². The van der Waals surface area contributed by atoms with E-state index in [1.54, 1.807) is 12.0 Å². The molecular weight excluding hydrogens is 412 g/mol. The number of para-hydroxylation sites is 1. The lowest BCUT2D eigenvalue weighted by atomic mass is 10.0. The topological polar surface area (TPSA) is 58.6 Å². The van der Waals surface area contributed by atoms with Crippen LogP contribution >= 0.6 is 0 Å². The molecule has 0 aliphatic carbocycles. The number of hydrogen-bond donors (Lipinski definition) is 1. The first-order valence-electron chi connectivity index (χ1n) is 11.4. The lowest BCUT2D eigenvalue weighted by Crippen LogP contribution is -2.50. The van der Waals surface area contributed by atoms with Crippen molar-refractivity contribution in [2.75, 3.05) is 7.11 Å². The predicted molar refractivity (Wildman–Crippen MR) is 131 cm³/mol. The van der Waals surface area contributed by atoms with Gasteiger partial charge in [-0.2, -0.15) is 0 Å². The standard InChI is InChI=1S/C28H32N2O3/c1-3-12-27(31)30(21-23-15-8-5-9-16-23)25(19-22-13-6-4-7-14-22)28(32)29-20-24-17-10-11-18-26(24)33-2/h4-11,13-18,25H,3,12,19-21H2,1-2H3,(H,29,32)/t25-/m0/s1. The van der Waals surface area contributed by atoms with Gasteiger partial charge < -0.3 is 15.0 Å².